The van der Waals surface area contributed by atoms with Gasteiger partial charge in [-0.15, -0.1) is 0 Å². The molecule has 1 aliphatic carbocycles. The highest BCUT2D eigenvalue weighted by atomic mass is 16.2. The molecular weight excluding hydrogens is 216 g/mol. The maximum atomic E-state index is 12.2. The van der Waals surface area contributed by atoms with Crippen LogP contribution >= 0.6 is 0 Å². The molecule has 0 bridgehead atoms. The molecule has 2 rings (SSSR count). The Morgan fingerprint density at radius 3 is 3.06 bits per heavy atom. The van der Waals surface area contributed by atoms with E-state index in [9.17, 15) is 4.79 Å². The maximum absolute atomic E-state index is 12.2. The Morgan fingerprint density at radius 2 is 2.47 bits per heavy atom. The smallest absolute Gasteiger partial charge is 0.245 e. The molecule has 1 aromatic heterocycles. The van der Waals surface area contributed by atoms with Gasteiger partial charge in [-0.05, 0) is 25.7 Å². The van der Waals surface area contributed by atoms with Crippen molar-refractivity contribution in [3.63, 3.8) is 0 Å². The van der Waals surface area contributed by atoms with Gasteiger partial charge in [0.15, 0.2) is 0 Å². The number of carbonyl (C=O) groups is 1. The minimum Gasteiger partial charge on any atom is -0.317 e. The molecule has 0 radical (unpaired) electrons. The summed E-state index contributed by atoms with van der Waals surface area (Å²) in [4.78, 5) is 12.2. The Balaban J connectivity index is 2.07. The van der Waals surface area contributed by atoms with Crippen LogP contribution in [0.3, 0.4) is 0 Å². The molecule has 2 atom stereocenters. The molecule has 5 heteroatoms. The number of aromatic nitrogens is 2. The van der Waals surface area contributed by atoms with Gasteiger partial charge in [-0.2, -0.15) is 5.10 Å². The molecule has 17 heavy (non-hydrogen) atoms. The number of aryl methyl sites for hydroxylation is 1. The highest BCUT2D eigenvalue weighted by Crippen LogP contribution is 2.31. The lowest BCUT2D eigenvalue weighted by molar-refractivity contribution is -0.122. The van der Waals surface area contributed by atoms with Crippen LogP contribution in [0.1, 0.15) is 38.2 Å². The number of anilines is 1. The number of rotatable bonds is 2. The van der Waals surface area contributed by atoms with Gasteiger partial charge in [0, 0.05) is 5.56 Å². The van der Waals surface area contributed by atoms with E-state index in [1.807, 2.05) is 6.92 Å². The summed E-state index contributed by atoms with van der Waals surface area (Å²) in [5, 5.41) is 9.48. The molecule has 5 nitrogen and oxygen atoms in total. The van der Waals surface area contributed by atoms with E-state index in [1.165, 1.54) is 0 Å². The van der Waals surface area contributed by atoms with Crippen LogP contribution in [0.2, 0.25) is 0 Å². The molecule has 0 aliphatic heterocycles. The first-order valence-electron chi connectivity index (χ1n) is 6.11. The van der Waals surface area contributed by atoms with Gasteiger partial charge in [0.2, 0.25) is 5.91 Å². The van der Waals surface area contributed by atoms with Crippen LogP contribution in [0, 0.1) is 12.8 Å². The highest BCUT2D eigenvalue weighted by molar-refractivity contribution is 5.97. The topological polar surface area (TPSA) is 83.8 Å². The third kappa shape index (κ3) is 2.49. The second-order valence-electron chi connectivity index (χ2n) is 5.24. The first kappa shape index (κ1) is 12.1. The van der Waals surface area contributed by atoms with Gasteiger partial charge in [-0.25, -0.2) is 0 Å². The predicted molar refractivity (Wildman–Crippen MR) is 66.5 cm³/mol. The molecule has 1 amide bonds. The average molecular weight is 236 g/mol. The minimum absolute atomic E-state index is 0.101. The quantitative estimate of drug-likeness (QED) is 0.728. The molecule has 0 aromatic carbocycles. The molecule has 1 fully saturated rings. The number of H-pyrrole nitrogens is 1. The molecule has 4 N–H and O–H groups in total. The number of nitrogens with zero attached hydrogens (tertiary/aromatic N) is 1. The summed E-state index contributed by atoms with van der Waals surface area (Å²) in [6.45, 7) is 4.04. The van der Waals surface area contributed by atoms with Crippen LogP contribution in [-0.2, 0) is 4.79 Å². The summed E-state index contributed by atoms with van der Waals surface area (Å²) in [7, 11) is 0. The lowest BCUT2D eigenvalue weighted by atomic mass is 9.76. The zero-order valence-corrected chi connectivity index (χ0v) is 10.4. The summed E-state index contributed by atoms with van der Waals surface area (Å²) in [5.74, 6) is 1.07. The third-order valence-electron chi connectivity index (χ3n) is 3.55. The number of hydrogen-bond acceptors (Lipinski definition) is 3. The van der Waals surface area contributed by atoms with Crippen molar-refractivity contribution in [3.05, 3.63) is 11.8 Å². The van der Waals surface area contributed by atoms with Crippen molar-refractivity contribution in [2.75, 3.05) is 5.32 Å². The van der Waals surface area contributed by atoms with Gasteiger partial charge in [-0.1, -0.05) is 19.8 Å². The highest BCUT2D eigenvalue weighted by Gasteiger charge is 2.38. The number of hydrogen-bond donors (Lipinski definition) is 3. The van der Waals surface area contributed by atoms with Crippen molar-refractivity contribution in [2.45, 2.75) is 45.1 Å². The lowest BCUT2D eigenvalue weighted by Crippen LogP contribution is -2.53. The van der Waals surface area contributed by atoms with E-state index in [0.717, 1.165) is 31.2 Å². The Morgan fingerprint density at radius 1 is 1.71 bits per heavy atom. The second-order valence-corrected chi connectivity index (χ2v) is 5.24. The Labute approximate surface area is 101 Å². The fourth-order valence-corrected chi connectivity index (χ4v) is 2.51. The first-order valence-corrected chi connectivity index (χ1v) is 6.11. The van der Waals surface area contributed by atoms with Crippen LogP contribution < -0.4 is 11.1 Å². The Bertz CT molecular complexity index is 414. The van der Waals surface area contributed by atoms with Gasteiger partial charge in [0.05, 0.1) is 11.7 Å². The molecule has 1 saturated carbocycles. The molecule has 2 unspecified atom stereocenters. The maximum Gasteiger partial charge on any atom is 0.245 e. The van der Waals surface area contributed by atoms with Crippen molar-refractivity contribution < 1.29 is 4.79 Å². The van der Waals surface area contributed by atoms with Crippen LogP contribution in [-0.4, -0.2) is 21.6 Å². The summed E-state index contributed by atoms with van der Waals surface area (Å²) < 4.78 is 0. The molecule has 94 valence electrons. The van der Waals surface area contributed by atoms with Gasteiger partial charge < -0.3 is 11.1 Å². The van der Waals surface area contributed by atoms with Crippen LogP contribution in [0.25, 0.3) is 0 Å². The fourth-order valence-electron chi connectivity index (χ4n) is 2.51. The summed E-state index contributed by atoms with van der Waals surface area (Å²) in [5.41, 5.74) is 6.41. The molecular formula is C12H20N4O. The van der Waals surface area contributed by atoms with Gasteiger partial charge in [0.25, 0.3) is 0 Å². The summed E-state index contributed by atoms with van der Waals surface area (Å²) >= 11 is 0. The number of carbonyl (C=O) groups excluding carboxylic acids is 1. The standard InChI is InChI=1S/C12H20N4O/c1-8-4-3-5-12(13,6-8)11(17)15-10-9(2)7-14-16-10/h7-8H,3-6,13H2,1-2H3,(H2,14,15,16,17). The van der Waals surface area contributed by atoms with Crippen molar-refractivity contribution in [1.29, 1.82) is 0 Å². The van der Waals surface area contributed by atoms with Crippen molar-refractivity contribution in [2.24, 2.45) is 11.7 Å². The molecule has 0 spiro atoms. The number of nitrogens with two attached hydrogens (primary N) is 1. The van der Waals surface area contributed by atoms with E-state index in [-0.39, 0.29) is 5.91 Å². The van der Waals surface area contributed by atoms with Gasteiger partial charge in [0.1, 0.15) is 5.82 Å². The van der Waals surface area contributed by atoms with Gasteiger partial charge >= 0.3 is 0 Å². The van der Waals surface area contributed by atoms with E-state index in [0.29, 0.717) is 11.7 Å². The fraction of sp³-hybridized carbons (Fsp3) is 0.667. The summed E-state index contributed by atoms with van der Waals surface area (Å²) in [6.07, 6.45) is 5.38. The average Bonchev–Trinajstić information content (AvgIpc) is 2.64. The molecule has 0 saturated heterocycles. The second kappa shape index (κ2) is 4.49. The van der Waals surface area contributed by atoms with Crippen molar-refractivity contribution in [3.8, 4) is 0 Å². The third-order valence-corrected chi connectivity index (χ3v) is 3.55. The number of amides is 1. The zero-order chi connectivity index (χ0) is 12.5. The molecule has 1 aromatic rings. The SMILES string of the molecule is Cc1cn[nH]c1NC(=O)C1(N)CCCC(C)C1. The van der Waals surface area contributed by atoms with Crippen LogP contribution in [0.5, 0.6) is 0 Å². The van der Waals surface area contributed by atoms with Gasteiger partial charge in [-0.3, -0.25) is 9.89 Å². The molecule has 1 aliphatic rings. The largest absolute Gasteiger partial charge is 0.317 e. The normalized spacial score (nSPS) is 29.0. The first-order chi connectivity index (χ1) is 8.01. The van der Waals surface area contributed by atoms with E-state index in [4.69, 9.17) is 5.73 Å². The van der Waals surface area contributed by atoms with E-state index < -0.39 is 5.54 Å². The zero-order valence-electron chi connectivity index (χ0n) is 10.4. The van der Waals surface area contributed by atoms with Crippen LogP contribution in [0.15, 0.2) is 6.20 Å². The predicted octanol–water partition coefficient (Wildman–Crippen LogP) is 1.56. The monoisotopic (exact) mass is 236 g/mol. The Hall–Kier alpha value is -1.36. The Kier molecular flexibility index (Phi) is 3.19. The minimum atomic E-state index is -0.727. The van der Waals surface area contributed by atoms with Crippen LogP contribution in [0.4, 0.5) is 5.82 Å². The van der Waals surface area contributed by atoms with E-state index in [2.05, 4.69) is 22.4 Å². The van der Waals surface area contributed by atoms with Crippen molar-refractivity contribution >= 4 is 11.7 Å². The van der Waals surface area contributed by atoms with E-state index >= 15 is 0 Å². The lowest BCUT2D eigenvalue weighted by Gasteiger charge is -2.35. The molecule has 1 heterocycles. The number of nitrogens with one attached hydrogen (secondary N) is 2. The van der Waals surface area contributed by atoms with Crippen molar-refractivity contribution in [1.82, 2.24) is 10.2 Å². The van der Waals surface area contributed by atoms with E-state index in [1.54, 1.807) is 6.20 Å². The number of aromatic amines is 1. The summed E-state index contributed by atoms with van der Waals surface area (Å²) in [6, 6.07) is 0.